The van der Waals surface area contributed by atoms with Crippen LogP contribution in [0.3, 0.4) is 0 Å². The molecule has 0 unspecified atom stereocenters. The minimum absolute atomic E-state index is 0.0113. The average Bonchev–Trinajstić information content (AvgIpc) is 3.12. The van der Waals surface area contributed by atoms with Crippen molar-refractivity contribution in [1.82, 2.24) is 4.90 Å². The number of hydrogen-bond acceptors (Lipinski definition) is 4. The predicted octanol–water partition coefficient (Wildman–Crippen LogP) is 3.60. The molecule has 0 spiro atoms. The van der Waals surface area contributed by atoms with E-state index in [1.54, 1.807) is 40.5 Å². The fourth-order valence-corrected chi connectivity index (χ4v) is 4.96. The van der Waals surface area contributed by atoms with E-state index in [4.69, 9.17) is 4.74 Å². The van der Waals surface area contributed by atoms with Gasteiger partial charge in [0.2, 0.25) is 0 Å². The molecule has 2 aromatic rings. The van der Waals surface area contributed by atoms with Crippen molar-refractivity contribution in [2.75, 3.05) is 31.6 Å². The first kappa shape index (κ1) is 18.2. The summed E-state index contributed by atoms with van der Waals surface area (Å²) in [6.45, 7) is 4.69. The number of carbonyl (C=O) groups excluding carboxylic acids is 2. The minimum Gasteiger partial charge on any atom is -0.378 e. The Labute approximate surface area is 163 Å². The molecule has 0 saturated carbocycles. The Bertz CT molecular complexity index is 838. The molecule has 1 aliphatic heterocycles. The van der Waals surface area contributed by atoms with Gasteiger partial charge in [-0.05, 0) is 55.0 Å². The lowest BCUT2D eigenvalue weighted by molar-refractivity contribution is 0.0303. The van der Waals surface area contributed by atoms with Gasteiger partial charge < -0.3 is 15.0 Å². The largest absolute Gasteiger partial charge is 0.378 e. The van der Waals surface area contributed by atoms with Crippen molar-refractivity contribution in [3.63, 3.8) is 0 Å². The third kappa shape index (κ3) is 3.92. The van der Waals surface area contributed by atoms with Crippen LogP contribution in [0.4, 0.5) is 5.69 Å². The summed E-state index contributed by atoms with van der Waals surface area (Å²) in [4.78, 5) is 28.3. The molecule has 1 aromatic carbocycles. The normalized spacial score (nSPS) is 19.4. The van der Waals surface area contributed by atoms with Gasteiger partial charge in [-0.2, -0.15) is 0 Å². The maximum atomic E-state index is 12.7. The standard InChI is InChI=1S/C21H24N2O3S/c1-14-2-7-17-18(13-27-19(17)12-14)20(24)22-16-5-3-15(4-6-16)21(25)23-8-10-26-11-9-23/h3-6,13-14H,2,7-12H2,1H3,(H,22,24)/t14-/m1/s1. The fraction of sp³-hybridized carbons (Fsp3) is 0.429. The second kappa shape index (κ2) is 7.82. The van der Waals surface area contributed by atoms with Crippen LogP contribution >= 0.6 is 11.3 Å². The number of carbonyl (C=O) groups is 2. The molecule has 1 fully saturated rings. The van der Waals surface area contributed by atoms with E-state index >= 15 is 0 Å². The molecule has 0 bridgehead atoms. The van der Waals surface area contributed by atoms with Gasteiger partial charge in [0.15, 0.2) is 0 Å². The zero-order valence-electron chi connectivity index (χ0n) is 15.5. The highest BCUT2D eigenvalue weighted by Gasteiger charge is 2.23. The summed E-state index contributed by atoms with van der Waals surface area (Å²) in [6.07, 6.45) is 3.20. The maximum absolute atomic E-state index is 12.7. The Morgan fingerprint density at radius 3 is 2.67 bits per heavy atom. The van der Waals surface area contributed by atoms with Crippen LogP contribution in [-0.2, 0) is 17.6 Å². The second-order valence-corrected chi connectivity index (χ2v) is 8.30. The maximum Gasteiger partial charge on any atom is 0.256 e. The molecule has 0 radical (unpaired) electrons. The van der Waals surface area contributed by atoms with E-state index < -0.39 is 0 Å². The summed E-state index contributed by atoms with van der Waals surface area (Å²) in [6, 6.07) is 7.15. The average molecular weight is 385 g/mol. The van der Waals surface area contributed by atoms with Crippen molar-refractivity contribution in [2.24, 2.45) is 5.92 Å². The summed E-state index contributed by atoms with van der Waals surface area (Å²) in [5.74, 6) is 0.648. The zero-order valence-corrected chi connectivity index (χ0v) is 16.3. The van der Waals surface area contributed by atoms with Crippen LogP contribution in [-0.4, -0.2) is 43.0 Å². The molecule has 1 aromatic heterocycles. The van der Waals surface area contributed by atoms with Gasteiger partial charge in [0, 0.05) is 34.6 Å². The predicted molar refractivity (Wildman–Crippen MR) is 107 cm³/mol. The minimum atomic E-state index is -0.0608. The van der Waals surface area contributed by atoms with Crippen LogP contribution < -0.4 is 5.32 Å². The van der Waals surface area contributed by atoms with Gasteiger partial charge in [-0.1, -0.05) is 6.92 Å². The van der Waals surface area contributed by atoms with Crippen molar-refractivity contribution in [3.8, 4) is 0 Å². The summed E-state index contributed by atoms with van der Waals surface area (Å²) in [7, 11) is 0. The van der Waals surface area contributed by atoms with E-state index in [0.29, 0.717) is 43.5 Å². The molecular weight excluding hydrogens is 360 g/mol. The van der Waals surface area contributed by atoms with E-state index in [2.05, 4.69) is 12.2 Å². The quantitative estimate of drug-likeness (QED) is 0.880. The summed E-state index contributed by atoms with van der Waals surface area (Å²) >= 11 is 1.70. The number of ether oxygens (including phenoxy) is 1. The van der Waals surface area contributed by atoms with Crippen molar-refractivity contribution < 1.29 is 14.3 Å². The van der Waals surface area contributed by atoms with Gasteiger partial charge in [-0.3, -0.25) is 9.59 Å². The van der Waals surface area contributed by atoms with Gasteiger partial charge in [-0.15, -0.1) is 11.3 Å². The highest BCUT2D eigenvalue weighted by Crippen LogP contribution is 2.33. The number of nitrogens with one attached hydrogen (secondary N) is 1. The van der Waals surface area contributed by atoms with Crippen molar-refractivity contribution >= 4 is 28.8 Å². The van der Waals surface area contributed by atoms with Gasteiger partial charge >= 0.3 is 0 Å². The Hall–Kier alpha value is -2.18. The molecule has 2 amide bonds. The van der Waals surface area contributed by atoms with Crippen LogP contribution in [0.25, 0.3) is 0 Å². The number of amides is 2. The van der Waals surface area contributed by atoms with E-state index in [1.807, 2.05) is 5.38 Å². The number of nitrogens with zero attached hydrogens (tertiary/aromatic N) is 1. The van der Waals surface area contributed by atoms with Crippen LogP contribution in [0.15, 0.2) is 29.6 Å². The van der Waals surface area contributed by atoms with Crippen molar-refractivity contribution in [1.29, 1.82) is 0 Å². The molecule has 2 heterocycles. The SMILES string of the molecule is C[C@@H]1CCc2c(C(=O)Nc3ccc(C(=O)N4CCOCC4)cc3)csc2C1. The molecule has 4 rings (SSSR count). The van der Waals surface area contributed by atoms with Crippen LogP contribution in [0.5, 0.6) is 0 Å². The first-order valence-corrected chi connectivity index (χ1v) is 10.4. The number of anilines is 1. The van der Waals surface area contributed by atoms with Crippen LogP contribution in [0, 0.1) is 5.92 Å². The molecule has 1 atom stereocenters. The smallest absolute Gasteiger partial charge is 0.256 e. The Kier molecular flexibility index (Phi) is 5.27. The molecular formula is C21H24N2O3S. The number of morpholine rings is 1. The number of thiophene rings is 1. The third-order valence-corrected chi connectivity index (χ3v) is 6.39. The number of rotatable bonds is 3. The van der Waals surface area contributed by atoms with Crippen molar-refractivity contribution in [3.05, 3.63) is 51.2 Å². The topological polar surface area (TPSA) is 58.6 Å². The zero-order chi connectivity index (χ0) is 18.8. The molecule has 1 aliphatic carbocycles. The second-order valence-electron chi connectivity index (χ2n) is 7.34. The summed E-state index contributed by atoms with van der Waals surface area (Å²) in [5.41, 5.74) is 3.37. The first-order chi connectivity index (χ1) is 13.1. The fourth-order valence-electron chi connectivity index (χ4n) is 3.71. The van der Waals surface area contributed by atoms with E-state index in [9.17, 15) is 9.59 Å². The lowest BCUT2D eigenvalue weighted by atomic mass is 9.88. The third-order valence-electron chi connectivity index (χ3n) is 5.33. The first-order valence-electron chi connectivity index (χ1n) is 9.49. The highest BCUT2D eigenvalue weighted by atomic mass is 32.1. The van der Waals surface area contributed by atoms with Crippen LogP contribution in [0.2, 0.25) is 0 Å². The Balaban J connectivity index is 1.43. The van der Waals surface area contributed by atoms with Gasteiger partial charge in [-0.25, -0.2) is 0 Å². The molecule has 5 nitrogen and oxygen atoms in total. The summed E-state index contributed by atoms with van der Waals surface area (Å²) in [5, 5.41) is 4.95. The Morgan fingerprint density at radius 2 is 1.93 bits per heavy atom. The van der Waals surface area contributed by atoms with E-state index in [1.165, 1.54) is 10.4 Å². The molecule has 142 valence electrons. The number of benzene rings is 1. The number of fused-ring (bicyclic) bond motifs is 1. The monoisotopic (exact) mass is 384 g/mol. The van der Waals surface area contributed by atoms with Crippen LogP contribution in [0.1, 0.15) is 44.5 Å². The number of hydrogen-bond donors (Lipinski definition) is 1. The van der Waals surface area contributed by atoms with Gasteiger partial charge in [0.1, 0.15) is 0 Å². The molecule has 1 saturated heterocycles. The van der Waals surface area contributed by atoms with E-state index in [0.717, 1.165) is 24.8 Å². The van der Waals surface area contributed by atoms with Crippen molar-refractivity contribution in [2.45, 2.75) is 26.2 Å². The molecule has 27 heavy (non-hydrogen) atoms. The molecule has 6 heteroatoms. The highest BCUT2D eigenvalue weighted by molar-refractivity contribution is 7.10. The lowest BCUT2D eigenvalue weighted by Crippen LogP contribution is -2.40. The molecule has 2 aliphatic rings. The lowest BCUT2D eigenvalue weighted by Gasteiger charge is -2.26. The summed E-state index contributed by atoms with van der Waals surface area (Å²) < 4.78 is 5.29. The van der Waals surface area contributed by atoms with Gasteiger partial charge in [0.05, 0.1) is 18.8 Å². The van der Waals surface area contributed by atoms with E-state index in [-0.39, 0.29) is 11.8 Å². The molecule has 1 N–H and O–H groups in total. The van der Waals surface area contributed by atoms with Gasteiger partial charge in [0.25, 0.3) is 11.8 Å². The Morgan fingerprint density at radius 1 is 1.19 bits per heavy atom.